The van der Waals surface area contributed by atoms with Crippen LogP contribution in [0.4, 0.5) is 0 Å². The quantitative estimate of drug-likeness (QED) is 0.652. The number of nitrogens with zero attached hydrogens (tertiary/aromatic N) is 1. The number of carbonyl (C=O) groups is 1. The highest BCUT2D eigenvalue weighted by Gasteiger charge is 2.21. The Labute approximate surface area is 169 Å². The molecule has 1 aromatic heterocycles. The monoisotopic (exact) mass is 395 g/mol. The van der Waals surface area contributed by atoms with Gasteiger partial charge in [-0.15, -0.1) is 11.3 Å². The first kappa shape index (κ1) is 20.0. The lowest BCUT2D eigenvalue weighted by atomic mass is 10.0. The SMILES string of the molecule is COc1ccc(-c2nc(C)c(C(C)NC(=O)C(N)c3ccc(C)cc3)s2)cc1. The molecule has 0 aliphatic carbocycles. The Balaban J connectivity index is 1.73. The average Bonchev–Trinajstić information content (AvgIpc) is 3.09. The summed E-state index contributed by atoms with van der Waals surface area (Å²) in [5.41, 5.74) is 10.0. The zero-order valence-electron chi connectivity index (χ0n) is 16.5. The van der Waals surface area contributed by atoms with Crippen molar-refractivity contribution >= 4 is 17.2 Å². The van der Waals surface area contributed by atoms with Gasteiger partial charge in [-0.2, -0.15) is 0 Å². The third-order valence-corrected chi connectivity index (χ3v) is 6.03. The number of carbonyl (C=O) groups excluding carboxylic acids is 1. The van der Waals surface area contributed by atoms with E-state index in [2.05, 4.69) is 10.3 Å². The van der Waals surface area contributed by atoms with Crippen molar-refractivity contribution in [3.8, 4) is 16.3 Å². The summed E-state index contributed by atoms with van der Waals surface area (Å²) in [4.78, 5) is 18.3. The highest BCUT2D eigenvalue weighted by atomic mass is 32.1. The first-order valence-corrected chi connectivity index (χ1v) is 9.95. The van der Waals surface area contributed by atoms with Gasteiger partial charge in [0.15, 0.2) is 0 Å². The molecule has 1 amide bonds. The highest BCUT2D eigenvalue weighted by molar-refractivity contribution is 7.15. The molecule has 0 spiro atoms. The molecule has 3 aromatic rings. The van der Waals surface area contributed by atoms with Crippen molar-refractivity contribution in [3.05, 3.63) is 70.2 Å². The Bertz CT molecular complexity index is 949. The van der Waals surface area contributed by atoms with E-state index in [1.165, 1.54) is 0 Å². The molecule has 5 nitrogen and oxygen atoms in total. The van der Waals surface area contributed by atoms with Crippen LogP contribution in [0.25, 0.3) is 10.6 Å². The van der Waals surface area contributed by atoms with Crippen molar-refractivity contribution < 1.29 is 9.53 Å². The number of aryl methyl sites for hydroxylation is 2. The van der Waals surface area contributed by atoms with Crippen LogP contribution in [0.3, 0.4) is 0 Å². The average molecular weight is 396 g/mol. The van der Waals surface area contributed by atoms with E-state index in [9.17, 15) is 4.79 Å². The van der Waals surface area contributed by atoms with Gasteiger partial charge in [0, 0.05) is 5.56 Å². The van der Waals surface area contributed by atoms with E-state index in [1.807, 2.05) is 69.3 Å². The molecule has 3 N–H and O–H groups in total. The Morgan fingerprint density at radius 2 is 1.75 bits per heavy atom. The van der Waals surface area contributed by atoms with E-state index in [-0.39, 0.29) is 11.9 Å². The van der Waals surface area contributed by atoms with Crippen LogP contribution in [0.5, 0.6) is 5.75 Å². The fraction of sp³-hybridized carbons (Fsp3) is 0.273. The minimum atomic E-state index is -0.697. The highest BCUT2D eigenvalue weighted by Crippen LogP contribution is 2.32. The van der Waals surface area contributed by atoms with Crippen LogP contribution < -0.4 is 15.8 Å². The second-order valence-corrected chi connectivity index (χ2v) is 7.85. The number of thiazole rings is 1. The molecule has 28 heavy (non-hydrogen) atoms. The van der Waals surface area contributed by atoms with Gasteiger partial charge in [0.05, 0.1) is 23.7 Å². The van der Waals surface area contributed by atoms with Crippen LogP contribution in [0.2, 0.25) is 0 Å². The van der Waals surface area contributed by atoms with Gasteiger partial charge in [0.2, 0.25) is 5.91 Å². The fourth-order valence-electron chi connectivity index (χ4n) is 2.96. The number of nitrogens with two attached hydrogens (primary N) is 1. The standard InChI is InChI=1S/C22H25N3O2S/c1-13-5-7-16(8-6-13)19(23)21(26)24-14(2)20-15(3)25-22(28-20)17-9-11-18(27-4)12-10-17/h5-12,14,19H,23H2,1-4H3,(H,24,26). The largest absolute Gasteiger partial charge is 0.497 e. The molecular formula is C22H25N3O2S. The van der Waals surface area contributed by atoms with Gasteiger partial charge < -0.3 is 15.8 Å². The molecule has 146 valence electrons. The summed E-state index contributed by atoms with van der Waals surface area (Å²) in [5, 5.41) is 3.94. The van der Waals surface area contributed by atoms with Crippen LogP contribution in [-0.2, 0) is 4.79 Å². The number of hydrogen-bond acceptors (Lipinski definition) is 5. The zero-order chi connectivity index (χ0) is 20.3. The topological polar surface area (TPSA) is 77.2 Å². The number of hydrogen-bond donors (Lipinski definition) is 2. The van der Waals surface area contributed by atoms with E-state index in [0.717, 1.165) is 38.0 Å². The van der Waals surface area contributed by atoms with Crippen LogP contribution in [0.15, 0.2) is 48.5 Å². The summed E-state index contributed by atoms with van der Waals surface area (Å²) >= 11 is 1.58. The van der Waals surface area contributed by atoms with E-state index < -0.39 is 6.04 Å². The van der Waals surface area contributed by atoms with Gasteiger partial charge >= 0.3 is 0 Å². The number of ether oxygens (including phenoxy) is 1. The van der Waals surface area contributed by atoms with Crippen LogP contribution in [-0.4, -0.2) is 18.0 Å². The smallest absolute Gasteiger partial charge is 0.242 e. The minimum absolute atomic E-state index is 0.173. The van der Waals surface area contributed by atoms with E-state index in [4.69, 9.17) is 10.5 Å². The molecule has 0 radical (unpaired) electrons. The van der Waals surface area contributed by atoms with Gasteiger partial charge in [-0.1, -0.05) is 29.8 Å². The molecule has 0 saturated heterocycles. The normalized spacial score (nSPS) is 13.0. The number of nitrogens with one attached hydrogen (secondary N) is 1. The third-order valence-electron chi connectivity index (χ3n) is 4.64. The molecule has 0 bridgehead atoms. The molecule has 6 heteroatoms. The van der Waals surface area contributed by atoms with Gasteiger partial charge in [0.25, 0.3) is 0 Å². The fourth-order valence-corrected chi connectivity index (χ4v) is 4.03. The maximum atomic E-state index is 12.6. The summed E-state index contributed by atoms with van der Waals surface area (Å²) in [6.45, 7) is 5.92. The Morgan fingerprint density at radius 1 is 1.11 bits per heavy atom. The molecule has 1 heterocycles. The summed E-state index contributed by atoms with van der Waals surface area (Å²) in [7, 11) is 1.65. The third kappa shape index (κ3) is 4.40. The molecule has 0 saturated carbocycles. The van der Waals surface area contributed by atoms with Crippen molar-refractivity contribution in [2.45, 2.75) is 32.9 Å². The Hall–Kier alpha value is -2.70. The number of rotatable bonds is 6. The number of amides is 1. The second-order valence-electron chi connectivity index (χ2n) is 6.82. The van der Waals surface area contributed by atoms with Crippen molar-refractivity contribution in [3.63, 3.8) is 0 Å². The summed E-state index contributed by atoms with van der Waals surface area (Å²) in [6, 6.07) is 14.6. The van der Waals surface area contributed by atoms with Gasteiger partial charge in [-0.05, 0) is 50.6 Å². The number of benzene rings is 2. The molecule has 0 fully saturated rings. The zero-order valence-corrected chi connectivity index (χ0v) is 17.3. The lowest BCUT2D eigenvalue weighted by molar-refractivity contribution is -0.123. The maximum Gasteiger partial charge on any atom is 0.242 e. The molecule has 2 aromatic carbocycles. The summed E-state index contributed by atoms with van der Waals surface area (Å²) < 4.78 is 5.20. The second kappa shape index (κ2) is 8.54. The predicted octanol–water partition coefficient (Wildman–Crippen LogP) is 4.31. The molecule has 0 aliphatic rings. The van der Waals surface area contributed by atoms with Crippen molar-refractivity contribution in [2.75, 3.05) is 7.11 Å². The van der Waals surface area contributed by atoms with Gasteiger partial charge in [-0.25, -0.2) is 4.98 Å². The molecule has 0 aliphatic heterocycles. The van der Waals surface area contributed by atoms with Crippen LogP contribution >= 0.6 is 11.3 Å². The predicted molar refractivity (Wildman–Crippen MR) is 114 cm³/mol. The molecule has 2 unspecified atom stereocenters. The summed E-state index contributed by atoms with van der Waals surface area (Å²) in [6.07, 6.45) is 0. The Kier molecular flexibility index (Phi) is 6.11. The van der Waals surface area contributed by atoms with Gasteiger partial charge in [-0.3, -0.25) is 4.79 Å². The maximum absolute atomic E-state index is 12.6. The van der Waals surface area contributed by atoms with Crippen molar-refractivity contribution in [1.29, 1.82) is 0 Å². The summed E-state index contributed by atoms with van der Waals surface area (Å²) in [5.74, 6) is 0.609. The van der Waals surface area contributed by atoms with Crippen LogP contribution in [0.1, 0.15) is 40.7 Å². The van der Waals surface area contributed by atoms with Crippen molar-refractivity contribution in [1.82, 2.24) is 10.3 Å². The first-order valence-electron chi connectivity index (χ1n) is 9.13. The van der Waals surface area contributed by atoms with E-state index in [0.29, 0.717) is 0 Å². The van der Waals surface area contributed by atoms with E-state index in [1.54, 1.807) is 18.4 Å². The molecular weight excluding hydrogens is 370 g/mol. The lowest BCUT2D eigenvalue weighted by Gasteiger charge is -2.17. The van der Waals surface area contributed by atoms with Gasteiger partial charge in [0.1, 0.15) is 16.8 Å². The van der Waals surface area contributed by atoms with E-state index >= 15 is 0 Å². The van der Waals surface area contributed by atoms with Crippen LogP contribution in [0, 0.1) is 13.8 Å². The Morgan fingerprint density at radius 3 is 2.36 bits per heavy atom. The minimum Gasteiger partial charge on any atom is -0.497 e. The number of aromatic nitrogens is 1. The lowest BCUT2D eigenvalue weighted by Crippen LogP contribution is -2.35. The van der Waals surface area contributed by atoms with Crippen molar-refractivity contribution in [2.24, 2.45) is 5.73 Å². The first-order chi connectivity index (χ1) is 13.4. The molecule has 3 rings (SSSR count). The number of methoxy groups -OCH3 is 1. The molecule has 2 atom stereocenters.